The summed E-state index contributed by atoms with van der Waals surface area (Å²) in [6.45, 7) is 0.605. The molecular formula is C13H12N2. The zero-order chi connectivity index (χ0) is 10.5. The highest BCUT2D eigenvalue weighted by Gasteiger charge is 1.93. The molecule has 1 aromatic carbocycles. The van der Waals surface area contributed by atoms with Gasteiger partial charge in [0.05, 0.1) is 5.52 Å². The molecule has 74 valence electrons. The number of para-hydroxylation sites is 1. The van der Waals surface area contributed by atoms with Crippen LogP contribution in [0.1, 0.15) is 12.0 Å². The number of nitrogens with zero attached hydrogens (tertiary/aromatic N) is 1. The van der Waals surface area contributed by atoms with Gasteiger partial charge in [-0.05, 0) is 12.1 Å². The third kappa shape index (κ3) is 2.34. The van der Waals surface area contributed by atoms with E-state index in [4.69, 9.17) is 5.73 Å². The Kier molecular flexibility index (Phi) is 2.96. The second kappa shape index (κ2) is 4.59. The van der Waals surface area contributed by atoms with Crippen LogP contribution in [0.3, 0.4) is 0 Å². The molecule has 0 saturated heterocycles. The topological polar surface area (TPSA) is 38.9 Å². The summed E-state index contributed by atoms with van der Waals surface area (Å²) in [4.78, 5) is 4.33. The zero-order valence-corrected chi connectivity index (χ0v) is 8.40. The average molecular weight is 196 g/mol. The predicted molar refractivity (Wildman–Crippen MR) is 62.3 cm³/mol. The maximum atomic E-state index is 5.37. The van der Waals surface area contributed by atoms with Crippen molar-refractivity contribution in [3.8, 4) is 11.8 Å². The van der Waals surface area contributed by atoms with E-state index in [1.54, 1.807) is 6.20 Å². The minimum absolute atomic E-state index is 0.605. The van der Waals surface area contributed by atoms with Gasteiger partial charge in [-0.3, -0.25) is 4.98 Å². The van der Waals surface area contributed by atoms with Crippen LogP contribution in [0.25, 0.3) is 10.9 Å². The van der Waals surface area contributed by atoms with Gasteiger partial charge in [-0.15, -0.1) is 0 Å². The summed E-state index contributed by atoms with van der Waals surface area (Å²) in [5.74, 6) is 6.05. The Balaban J connectivity index is 2.36. The van der Waals surface area contributed by atoms with Crippen molar-refractivity contribution in [2.45, 2.75) is 6.42 Å². The number of hydrogen-bond donors (Lipinski definition) is 1. The Morgan fingerprint density at radius 2 is 2.13 bits per heavy atom. The number of fused-ring (bicyclic) bond motifs is 1. The van der Waals surface area contributed by atoms with Crippen molar-refractivity contribution in [1.82, 2.24) is 4.98 Å². The van der Waals surface area contributed by atoms with Gasteiger partial charge >= 0.3 is 0 Å². The molecule has 2 nitrogen and oxygen atoms in total. The summed E-state index contributed by atoms with van der Waals surface area (Å²) in [5, 5.41) is 1.12. The lowest BCUT2D eigenvalue weighted by Crippen LogP contribution is -1.95. The van der Waals surface area contributed by atoms with Crippen LogP contribution in [0, 0.1) is 11.8 Å². The van der Waals surface area contributed by atoms with Crippen LogP contribution in [0.4, 0.5) is 0 Å². The average Bonchev–Trinajstić information content (AvgIpc) is 2.29. The minimum atomic E-state index is 0.605. The molecule has 15 heavy (non-hydrogen) atoms. The summed E-state index contributed by atoms with van der Waals surface area (Å²) < 4.78 is 0. The molecule has 0 unspecified atom stereocenters. The molecule has 0 saturated carbocycles. The molecule has 0 radical (unpaired) electrons. The number of nitrogens with two attached hydrogens (primary N) is 1. The number of benzene rings is 1. The maximum Gasteiger partial charge on any atom is 0.0702 e. The van der Waals surface area contributed by atoms with E-state index >= 15 is 0 Å². The lowest BCUT2D eigenvalue weighted by atomic mass is 10.1. The van der Waals surface area contributed by atoms with Gasteiger partial charge in [-0.25, -0.2) is 0 Å². The largest absolute Gasteiger partial charge is 0.330 e. The van der Waals surface area contributed by atoms with E-state index in [9.17, 15) is 0 Å². The van der Waals surface area contributed by atoms with Crippen LogP contribution < -0.4 is 5.73 Å². The number of pyridine rings is 1. The summed E-state index contributed by atoms with van der Waals surface area (Å²) in [6, 6.07) is 10.1. The lowest BCUT2D eigenvalue weighted by Gasteiger charge is -1.96. The van der Waals surface area contributed by atoms with E-state index in [1.807, 2.05) is 30.3 Å². The zero-order valence-electron chi connectivity index (χ0n) is 8.40. The highest BCUT2D eigenvalue weighted by atomic mass is 14.6. The van der Waals surface area contributed by atoms with Crippen LogP contribution in [-0.4, -0.2) is 11.5 Å². The SMILES string of the molecule is NCCC#Cc1cnc2ccccc2c1. The quantitative estimate of drug-likeness (QED) is 0.708. The van der Waals surface area contributed by atoms with Crippen molar-refractivity contribution in [2.24, 2.45) is 5.73 Å². The van der Waals surface area contributed by atoms with Gasteiger partial charge in [0.25, 0.3) is 0 Å². The second-order valence-electron chi connectivity index (χ2n) is 3.26. The van der Waals surface area contributed by atoms with Gasteiger partial charge in [0.15, 0.2) is 0 Å². The summed E-state index contributed by atoms with van der Waals surface area (Å²) in [5.41, 5.74) is 7.31. The van der Waals surface area contributed by atoms with E-state index < -0.39 is 0 Å². The van der Waals surface area contributed by atoms with Gasteiger partial charge in [0.1, 0.15) is 0 Å². The first kappa shape index (κ1) is 9.70. The van der Waals surface area contributed by atoms with E-state index in [1.165, 1.54) is 0 Å². The number of aromatic nitrogens is 1. The summed E-state index contributed by atoms with van der Waals surface area (Å²) in [6.07, 6.45) is 2.53. The first-order valence-corrected chi connectivity index (χ1v) is 4.94. The van der Waals surface area contributed by atoms with Crippen molar-refractivity contribution < 1.29 is 0 Å². The van der Waals surface area contributed by atoms with Gasteiger partial charge < -0.3 is 5.73 Å². The fourth-order valence-electron chi connectivity index (χ4n) is 1.38. The van der Waals surface area contributed by atoms with Crippen molar-refractivity contribution in [3.63, 3.8) is 0 Å². The smallest absolute Gasteiger partial charge is 0.0702 e. The van der Waals surface area contributed by atoms with Gasteiger partial charge in [0, 0.05) is 30.1 Å². The van der Waals surface area contributed by atoms with Crippen LogP contribution in [0.15, 0.2) is 36.5 Å². The van der Waals surface area contributed by atoms with Crippen molar-refractivity contribution >= 4 is 10.9 Å². The molecule has 2 N–H and O–H groups in total. The number of hydrogen-bond acceptors (Lipinski definition) is 2. The molecule has 0 amide bonds. The molecule has 2 rings (SSSR count). The van der Waals surface area contributed by atoms with E-state index in [2.05, 4.69) is 16.8 Å². The molecule has 2 aromatic rings. The highest BCUT2D eigenvalue weighted by Crippen LogP contribution is 2.11. The molecule has 0 fully saturated rings. The van der Waals surface area contributed by atoms with E-state index in [0.29, 0.717) is 6.54 Å². The molecule has 1 heterocycles. The molecule has 1 aromatic heterocycles. The van der Waals surface area contributed by atoms with Gasteiger partial charge in [-0.2, -0.15) is 0 Å². The Labute approximate surface area is 89.1 Å². The molecule has 2 heteroatoms. The molecule has 0 aliphatic heterocycles. The molecule has 0 bridgehead atoms. The summed E-state index contributed by atoms with van der Waals surface area (Å²) in [7, 11) is 0. The second-order valence-corrected chi connectivity index (χ2v) is 3.26. The van der Waals surface area contributed by atoms with Crippen LogP contribution in [-0.2, 0) is 0 Å². The molecule has 0 aliphatic rings. The Hall–Kier alpha value is -1.85. The third-order valence-corrected chi connectivity index (χ3v) is 2.09. The normalized spacial score (nSPS) is 9.67. The standard InChI is InChI=1S/C13H12N2/c14-8-4-3-5-11-9-12-6-1-2-7-13(12)15-10-11/h1-2,6-7,9-10H,4,8,14H2. The van der Waals surface area contributed by atoms with Crippen molar-refractivity contribution in [2.75, 3.05) is 6.54 Å². The Bertz CT molecular complexity index is 521. The number of rotatable bonds is 1. The van der Waals surface area contributed by atoms with Gasteiger partial charge in [-0.1, -0.05) is 30.0 Å². The van der Waals surface area contributed by atoms with E-state index in [-0.39, 0.29) is 0 Å². The molecule has 0 spiro atoms. The fourth-order valence-corrected chi connectivity index (χ4v) is 1.38. The van der Waals surface area contributed by atoms with Crippen LogP contribution in [0.2, 0.25) is 0 Å². The Morgan fingerprint density at radius 1 is 1.27 bits per heavy atom. The Morgan fingerprint density at radius 3 is 3.00 bits per heavy atom. The van der Waals surface area contributed by atoms with Crippen LogP contribution >= 0.6 is 0 Å². The fraction of sp³-hybridized carbons (Fsp3) is 0.154. The molecule has 0 atom stereocenters. The monoisotopic (exact) mass is 196 g/mol. The minimum Gasteiger partial charge on any atom is -0.330 e. The highest BCUT2D eigenvalue weighted by molar-refractivity contribution is 5.79. The lowest BCUT2D eigenvalue weighted by molar-refractivity contribution is 1.03. The van der Waals surface area contributed by atoms with Crippen molar-refractivity contribution in [1.29, 1.82) is 0 Å². The third-order valence-electron chi connectivity index (χ3n) is 2.09. The predicted octanol–water partition coefficient (Wildman–Crippen LogP) is 1.94. The van der Waals surface area contributed by atoms with Crippen LogP contribution in [0.5, 0.6) is 0 Å². The first-order chi connectivity index (χ1) is 7.40. The molecule has 0 aliphatic carbocycles. The maximum absolute atomic E-state index is 5.37. The molecular weight excluding hydrogens is 184 g/mol. The van der Waals surface area contributed by atoms with E-state index in [0.717, 1.165) is 22.9 Å². The first-order valence-electron chi connectivity index (χ1n) is 4.94. The van der Waals surface area contributed by atoms with Crippen molar-refractivity contribution in [3.05, 3.63) is 42.1 Å². The summed E-state index contributed by atoms with van der Waals surface area (Å²) >= 11 is 0. The van der Waals surface area contributed by atoms with Gasteiger partial charge in [0.2, 0.25) is 0 Å².